The minimum absolute atomic E-state index is 0. The summed E-state index contributed by atoms with van der Waals surface area (Å²) in [4.78, 5) is 12.0. The monoisotopic (exact) mass is 336 g/mol. The predicted molar refractivity (Wildman–Crippen MR) is 75.4 cm³/mol. The van der Waals surface area contributed by atoms with Crippen molar-refractivity contribution in [2.24, 2.45) is 5.73 Å². The maximum absolute atomic E-state index is 13.3. The van der Waals surface area contributed by atoms with E-state index in [4.69, 9.17) is 5.73 Å². The summed E-state index contributed by atoms with van der Waals surface area (Å²) < 4.78 is 13.6. The molecule has 1 saturated carbocycles. The number of nitrogens with one attached hydrogen (secondary N) is 1. The molecule has 0 atom stereocenters. The molecule has 0 heterocycles. The van der Waals surface area contributed by atoms with Crippen molar-refractivity contribution in [3.05, 3.63) is 28.5 Å². The van der Waals surface area contributed by atoms with E-state index in [1.165, 1.54) is 6.07 Å². The number of hydrogen-bond donors (Lipinski definition) is 2. The molecule has 0 bridgehead atoms. The molecule has 1 aliphatic carbocycles. The van der Waals surface area contributed by atoms with E-state index in [-0.39, 0.29) is 18.3 Å². The van der Waals surface area contributed by atoms with Gasteiger partial charge >= 0.3 is 0 Å². The van der Waals surface area contributed by atoms with Gasteiger partial charge in [0.05, 0.1) is 10.0 Å². The van der Waals surface area contributed by atoms with Crippen LogP contribution in [0.25, 0.3) is 0 Å². The van der Waals surface area contributed by atoms with Gasteiger partial charge in [-0.1, -0.05) is 12.8 Å². The molecule has 0 radical (unpaired) electrons. The number of anilines is 1. The number of nitrogens with two attached hydrogens (primary N) is 1. The van der Waals surface area contributed by atoms with E-state index in [1.54, 1.807) is 12.1 Å². The fourth-order valence-electron chi connectivity index (χ4n) is 2.06. The van der Waals surface area contributed by atoms with Gasteiger partial charge in [-0.25, -0.2) is 4.39 Å². The van der Waals surface area contributed by atoms with Gasteiger partial charge in [0, 0.05) is 5.69 Å². The lowest BCUT2D eigenvalue weighted by molar-refractivity contribution is -0.121. The van der Waals surface area contributed by atoms with E-state index >= 15 is 0 Å². The van der Waals surface area contributed by atoms with Crippen LogP contribution in [0.3, 0.4) is 0 Å². The van der Waals surface area contributed by atoms with E-state index in [2.05, 4.69) is 21.2 Å². The lowest BCUT2D eigenvalue weighted by atomic mass is 9.98. The number of hydrogen-bond acceptors (Lipinski definition) is 2. The molecule has 6 heteroatoms. The Kier molecular flexibility index (Phi) is 5.13. The first kappa shape index (κ1) is 15.4. The second-order valence-corrected chi connectivity index (χ2v) is 5.30. The number of carbonyl (C=O) groups excluding carboxylic acids is 1. The highest BCUT2D eigenvalue weighted by atomic mass is 79.9. The molecule has 1 aliphatic rings. The summed E-state index contributed by atoms with van der Waals surface area (Å²) in [5.41, 5.74) is 5.65. The van der Waals surface area contributed by atoms with Crippen LogP contribution in [0, 0.1) is 5.82 Å². The van der Waals surface area contributed by atoms with Crippen LogP contribution in [-0.2, 0) is 4.79 Å². The van der Waals surface area contributed by atoms with Crippen molar-refractivity contribution < 1.29 is 9.18 Å². The van der Waals surface area contributed by atoms with E-state index in [0.717, 1.165) is 12.8 Å². The summed E-state index contributed by atoms with van der Waals surface area (Å²) in [5.74, 6) is -0.628. The van der Waals surface area contributed by atoms with Crippen molar-refractivity contribution in [3.63, 3.8) is 0 Å². The summed E-state index contributed by atoms with van der Waals surface area (Å²) >= 11 is 3.06. The Morgan fingerprint density at radius 1 is 1.39 bits per heavy atom. The molecule has 1 aromatic carbocycles. The molecule has 1 amide bonds. The Hall–Kier alpha value is -0.650. The molecular weight excluding hydrogens is 323 g/mol. The topological polar surface area (TPSA) is 55.1 Å². The van der Waals surface area contributed by atoms with Gasteiger partial charge in [0.1, 0.15) is 5.82 Å². The zero-order valence-electron chi connectivity index (χ0n) is 9.71. The zero-order chi connectivity index (χ0) is 12.5. The molecule has 100 valence electrons. The van der Waals surface area contributed by atoms with Gasteiger partial charge in [0.15, 0.2) is 0 Å². The third-order valence-corrected chi connectivity index (χ3v) is 3.77. The van der Waals surface area contributed by atoms with Crippen LogP contribution < -0.4 is 11.1 Å². The highest BCUT2D eigenvalue weighted by Crippen LogP contribution is 2.29. The summed E-state index contributed by atoms with van der Waals surface area (Å²) in [6, 6.07) is 4.48. The van der Waals surface area contributed by atoms with Crippen molar-refractivity contribution in [2.45, 2.75) is 31.2 Å². The number of rotatable bonds is 2. The molecule has 2 rings (SSSR count). The second-order valence-electron chi connectivity index (χ2n) is 4.45. The Balaban J connectivity index is 0.00000162. The zero-order valence-corrected chi connectivity index (χ0v) is 12.1. The molecule has 3 nitrogen and oxygen atoms in total. The highest BCUT2D eigenvalue weighted by molar-refractivity contribution is 9.10. The number of carbonyl (C=O) groups is 1. The third kappa shape index (κ3) is 3.22. The quantitative estimate of drug-likeness (QED) is 0.870. The summed E-state index contributed by atoms with van der Waals surface area (Å²) in [6.45, 7) is 0. The Morgan fingerprint density at radius 3 is 2.56 bits per heavy atom. The van der Waals surface area contributed by atoms with Crippen molar-refractivity contribution in [1.29, 1.82) is 0 Å². The Morgan fingerprint density at radius 2 is 2.00 bits per heavy atom. The average molecular weight is 338 g/mol. The SMILES string of the molecule is Cl.NC1(C(=O)Nc2ccc(Br)c(F)c2)CCCC1. The minimum atomic E-state index is -0.788. The minimum Gasteiger partial charge on any atom is -0.324 e. The molecule has 0 spiro atoms. The van der Waals surface area contributed by atoms with Gasteiger partial charge in [-0.15, -0.1) is 12.4 Å². The lowest BCUT2D eigenvalue weighted by Gasteiger charge is -2.22. The summed E-state index contributed by atoms with van der Waals surface area (Å²) in [5, 5.41) is 2.67. The van der Waals surface area contributed by atoms with E-state index < -0.39 is 11.4 Å². The van der Waals surface area contributed by atoms with Gasteiger partial charge in [0.2, 0.25) is 5.91 Å². The van der Waals surface area contributed by atoms with Gasteiger partial charge in [-0.3, -0.25) is 4.79 Å². The standard InChI is InChI=1S/C12H14BrFN2O.ClH/c13-9-4-3-8(7-10(9)14)16-11(17)12(15)5-1-2-6-12;/h3-4,7H,1-2,5-6,15H2,(H,16,17);1H. The van der Waals surface area contributed by atoms with E-state index in [9.17, 15) is 9.18 Å². The van der Waals surface area contributed by atoms with Gasteiger partial charge in [-0.2, -0.15) is 0 Å². The van der Waals surface area contributed by atoms with Gasteiger partial charge in [-0.05, 0) is 47.0 Å². The largest absolute Gasteiger partial charge is 0.324 e. The van der Waals surface area contributed by atoms with Crippen LogP contribution in [0.2, 0.25) is 0 Å². The molecule has 0 unspecified atom stereocenters. The smallest absolute Gasteiger partial charge is 0.244 e. The second kappa shape index (κ2) is 5.99. The first-order chi connectivity index (χ1) is 8.01. The van der Waals surface area contributed by atoms with Gasteiger partial charge < -0.3 is 11.1 Å². The average Bonchev–Trinajstić information content (AvgIpc) is 2.72. The summed E-state index contributed by atoms with van der Waals surface area (Å²) in [6.07, 6.45) is 3.33. The molecule has 0 aromatic heterocycles. The normalized spacial score (nSPS) is 17.1. The fourth-order valence-corrected chi connectivity index (χ4v) is 2.31. The van der Waals surface area contributed by atoms with Crippen molar-refractivity contribution in [3.8, 4) is 0 Å². The highest BCUT2D eigenvalue weighted by Gasteiger charge is 2.36. The maximum atomic E-state index is 13.3. The third-order valence-electron chi connectivity index (χ3n) is 3.13. The van der Waals surface area contributed by atoms with Crippen LogP contribution in [0.4, 0.5) is 10.1 Å². The van der Waals surface area contributed by atoms with Crippen molar-refractivity contribution in [1.82, 2.24) is 0 Å². The van der Waals surface area contributed by atoms with Crippen LogP contribution >= 0.6 is 28.3 Å². The van der Waals surface area contributed by atoms with Crippen LogP contribution in [0.1, 0.15) is 25.7 Å². The Bertz CT molecular complexity index is 450. The van der Waals surface area contributed by atoms with Crippen LogP contribution in [0.15, 0.2) is 22.7 Å². The van der Waals surface area contributed by atoms with Crippen LogP contribution in [0.5, 0.6) is 0 Å². The molecule has 18 heavy (non-hydrogen) atoms. The first-order valence-electron chi connectivity index (χ1n) is 5.57. The lowest BCUT2D eigenvalue weighted by Crippen LogP contribution is -2.48. The first-order valence-corrected chi connectivity index (χ1v) is 6.36. The molecule has 3 N–H and O–H groups in total. The van der Waals surface area contributed by atoms with Gasteiger partial charge in [0.25, 0.3) is 0 Å². The van der Waals surface area contributed by atoms with E-state index in [1.807, 2.05) is 0 Å². The van der Waals surface area contributed by atoms with Crippen molar-refractivity contribution in [2.75, 3.05) is 5.32 Å². The molecule has 0 saturated heterocycles. The van der Waals surface area contributed by atoms with E-state index in [0.29, 0.717) is 23.0 Å². The van der Waals surface area contributed by atoms with Crippen LogP contribution in [-0.4, -0.2) is 11.4 Å². The summed E-state index contributed by atoms with van der Waals surface area (Å²) in [7, 11) is 0. The number of amides is 1. The molecule has 1 fully saturated rings. The predicted octanol–water partition coefficient (Wildman–Crippen LogP) is 3.22. The van der Waals surface area contributed by atoms with Crippen molar-refractivity contribution >= 4 is 39.9 Å². The molecule has 0 aliphatic heterocycles. The molecule has 1 aromatic rings. The fraction of sp³-hybridized carbons (Fsp3) is 0.417. The maximum Gasteiger partial charge on any atom is 0.244 e. The number of halogens is 3. The Labute approximate surface area is 120 Å². The molecular formula is C12H15BrClFN2O. The number of benzene rings is 1.